The van der Waals surface area contributed by atoms with Gasteiger partial charge in [-0.05, 0) is 49.2 Å². The predicted octanol–water partition coefficient (Wildman–Crippen LogP) is 3.56. The number of rotatable bonds is 4. The number of hydrogen-bond acceptors (Lipinski definition) is 3. The fraction of sp³-hybridized carbons (Fsp3) is 0.188. The number of benzene rings is 2. The Morgan fingerprint density at radius 3 is 2.81 bits per heavy atom. The van der Waals surface area contributed by atoms with Crippen LogP contribution in [0, 0.1) is 13.8 Å². The lowest BCUT2D eigenvalue weighted by Crippen LogP contribution is -2.21. The van der Waals surface area contributed by atoms with Crippen LogP contribution >= 0.6 is 11.6 Å². The molecule has 1 amide bonds. The highest BCUT2D eigenvalue weighted by Crippen LogP contribution is 2.25. The molecule has 0 saturated heterocycles. The van der Waals surface area contributed by atoms with Crippen LogP contribution in [0.2, 0.25) is 5.02 Å². The first-order chi connectivity index (χ1) is 9.97. The molecule has 2 aromatic rings. The molecular formula is C16H17ClN2O2. The van der Waals surface area contributed by atoms with Crippen molar-refractivity contribution in [1.29, 1.82) is 0 Å². The number of carbonyl (C=O) groups is 1. The molecule has 4 nitrogen and oxygen atoms in total. The second kappa shape index (κ2) is 6.50. The molecule has 0 aliphatic heterocycles. The maximum absolute atomic E-state index is 11.9. The lowest BCUT2D eigenvalue weighted by atomic mass is 10.1. The van der Waals surface area contributed by atoms with Crippen LogP contribution in [-0.4, -0.2) is 12.5 Å². The Labute approximate surface area is 128 Å². The lowest BCUT2D eigenvalue weighted by molar-refractivity contribution is -0.118. The summed E-state index contributed by atoms with van der Waals surface area (Å²) in [5.41, 5.74) is 8.96. The number of carbonyl (C=O) groups excluding carboxylic acids is 1. The van der Waals surface area contributed by atoms with Gasteiger partial charge < -0.3 is 15.8 Å². The van der Waals surface area contributed by atoms with E-state index in [2.05, 4.69) is 5.32 Å². The molecule has 2 aromatic carbocycles. The number of amides is 1. The monoisotopic (exact) mass is 304 g/mol. The summed E-state index contributed by atoms with van der Waals surface area (Å²) in [6.45, 7) is 3.67. The van der Waals surface area contributed by atoms with Gasteiger partial charge in [0.25, 0.3) is 5.91 Å². The minimum absolute atomic E-state index is 0.114. The number of nitrogens with one attached hydrogen (secondary N) is 1. The van der Waals surface area contributed by atoms with Gasteiger partial charge in [0.1, 0.15) is 5.75 Å². The highest BCUT2D eigenvalue weighted by atomic mass is 35.5. The van der Waals surface area contributed by atoms with Crippen LogP contribution in [0.25, 0.3) is 0 Å². The molecule has 110 valence electrons. The van der Waals surface area contributed by atoms with E-state index >= 15 is 0 Å². The summed E-state index contributed by atoms with van der Waals surface area (Å²) in [7, 11) is 0. The van der Waals surface area contributed by atoms with E-state index in [-0.39, 0.29) is 12.5 Å². The topological polar surface area (TPSA) is 64.3 Å². The highest BCUT2D eigenvalue weighted by Gasteiger charge is 2.09. The predicted molar refractivity (Wildman–Crippen MR) is 85.9 cm³/mol. The third kappa shape index (κ3) is 3.89. The Bertz CT molecular complexity index is 671. The second-order valence-electron chi connectivity index (χ2n) is 4.79. The molecule has 2 rings (SSSR count). The average molecular weight is 305 g/mol. The van der Waals surface area contributed by atoms with E-state index in [4.69, 9.17) is 22.1 Å². The van der Waals surface area contributed by atoms with Gasteiger partial charge in [0.05, 0.1) is 5.02 Å². The summed E-state index contributed by atoms with van der Waals surface area (Å²) in [4.78, 5) is 11.9. The number of nitrogen functional groups attached to an aromatic ring is 1. The number of anilines is 2. The molecule has 0 aliphatic rings. The Morgan fingerprint density at radius 2 is 2.05 bits per heavy atom. The van der Waals surface area contributed by atoms with Crippen LogP contribution in [-0.2, 0) is 4.79 Å². The van der Waals surface area contributed by atoms with Crippen LogP contribution in [0.15, 0.2) is 36.4 Å². The molecule has 0 fully saturated rings. The van der Waals surface area contributed by atoms with Gasteiger partial charge in [-0.3, -0.25) is 4.79 Å². The molecule has 0 heterocycles. The SMILES string of the molecule is Cc1ccc(Cl)c(OCC(=O)Nc2cccc(N)c2C)c1. The number of nitrogens with two attached hydrogens (primary N) is 1. The number of hydrogen-bond donors (Lipinski definition) is 2. The molecular weight excluding hydrogens is 288 g/mol. The van der Waals surface area contributed by atoms with Crippen molar-refractivity contribution in [1.82, 2.24) is 0 Å². The third-order valence-electron chi connectivity index (χ3n) is 3.10. The van der Waals surface area contributed by atoms with Crippen LogP contribution in [0.3, 0.4) is 0 Å². The maximum Gasteiger partial charge on any atom is 0.262 e. The normalized spacial score (nSPS) is 10.2. The lowest BCUT2D eigenvalue weighted by Gasteiger charge is -2.12. The summed E-state index contributed by atoms with van der Waals surface area (Å²) in [5, 5.41) is 3.25. The molecule has 3 N–H and O–H groups in total. The minimum Gasteiger partial charge on any atom is -0.482 e. The summed E-state index contributed by atoms with van der Waals surface area (Å²) >= 11 is 6.01. The van der Waals surface area contributed by atoms with Crippen molar-refractivity contribution >= 4 is 28.9 Å². The van der Waals surface area contributed by atoms with Crippen molar-refractivity contribution in [3.05, 3.63) is 52.5 Å². The first-order valence-corrected chi connectivity index (χ1v) is 6.89. The van der Waals surface area contributed by atoms with Gasteiger partial charge in [-0.2, -0.15) is 0 Å². The van der Waals surface area contributed by atoms with Gasteiger partial charge >= 0.3 is 0 Å². The Morgan fingerprint density at radius 1 is 1.29 bits per heavy atom. The van der Waals surface area contributed by atoms with Gasteiger partial charge in [0.2, 0.25) is 0 Å². The number of aryl methyl sites for hydroxylation is 1. The second-order valence-corrected chi connectivity index (χ2v) is 5.20. The van der Waals surface area contributed by atoms with Crippen molar-refractivity contribution in [3.63, 3.8) is 0 Å². The Balaban J connectivity index is 1.99. The minimum atomic E-state index is -0.263. The van der Waals surface area contributed by atoms with Crippen molar-refractivity contribution in [2.75, 3.05) is 17.7 Å². The summed E-state index contributed by atoms with van der Waals surface area (Å²) in [5.74, 6) is 0.234. The van der Waals surface area contributed by atoms with Gasteiger partial charge in [0, 0.05) is 11.4 Å². The Kier molecular flexibility index (Phi) is 4.70. The largest absolute Gasteiger partial charge is 0.482 e. The van der Waals surface area contributed by atoms with E-state index in [1.54, 1.807) is 30.3 Å². The molecule has 0 atom stereocenters. The molecule has 0 aliphatic carbocycles. The molecule has 0 spiro atoms. The molecule has 0 aromatic heterocycles. The zero-order valence-corrected chi connectivity index (χ0v) is 12.7. The smallest absolute Gasteiger partial charge is 0.262 e. The van der Waals surface area contributed by atoms with Crippen LogP contribution < -0.4 is 15.8 Å². The molecule has 0 bridgehead atoms. The van der Waals surface area contributed by atoms with Crippen molar-refractivity contribution < 1.29 is 9.53 Å². The zero-order valence-electron chi connectivity index (χ0n) is 11.9. The average Bonchev–Trinajstić information content (AvgIpc) is 2.45. The number of ether oxygens (including phenoxy) is 1. The standard InChI is InChI=1S/C16H17ClN2O2/c1-10-6-7-12(17)15(8-10)21-9-16(20)19-14-5-3-4-13(18)11(14)2/h3-8H,9,18H2,1-2H3,(H,19,20). The molecule has 0 saturated carbocycles. The quantitative estimate of drug-likeness (QED) is 0.849. The van der Waals surface area contributed by atoms with Gasteiger partial charge in [-0.15, -0.1) is 0 Å². The van der Waals surface area contributed by atoms with Crippen LogP contribution in [0.4, 0.5) is 11.4 Å². The summed E-state index contributed by atoms with van der Waals surface area (Å²) in [6, 6.07) is 10.8. The van der Waals surface area contributed by atoms with Crippen molar-refractivity contribution in [3.8, 4) is 5.75 Å². The van der Waals surface area contributed by atoms with Crippen LogP contribution in [0.1, 0.15) is 11.1 Å². The fourth-order valence-electron chi connectivity index (χ4n) is 1.84. The van der Waals surface area contributed by atoms with E-state index in [0.29, 0.717) is 22.1 Å². The van der Waals surface area contributed by atoms with Gasteiger partial charge in [0.15, 0.2) is 6.61 Å². The van der Waals surface area contributed by atoms with E-state index < -0.39 is 0 Å². The molecule has 5 heteroatoms. The van der Waals surface area contributed by atoms with Gasteiger partial charge in [-0.25, -0.2) is 0 Å². The van der Waals surface area contributed by atoms with E-state index in [0.717, 1.165) is 11.1 Å². The Hall–Kier alpha value is -2.20. The summed E-state index contributed by atoms with van der Waals surface area (Å²) in [6.07, 6.45) is 0. The van der Waals surface area contributed by atoms with Crippen molar-refractivity contribution in [2.45, 2.75) is 13.8 Å². The van der Waals surface area contributed by atoms with E-state index in [1.807, 2.05) is 19.9 Å². The zero-order chi connectivity index (χ0) is 15.4. The van der Waals surface area contributed by atoms with Crippen molar-refractivity contribution in [2.24, 2.45) is 0 Å². The molecule has 21 heavy (non-hydrogen) atoms. The van der Waals surface area contributed by atoms with E-state index in [1.165, 1.54) is 0 Å². The first-order valence-electron chi connectivity index (χ1n) is 6.51. The number of halogens is 1. The highest BCUT2D eigenvalue weighted by molar-refractivity contribution is 6.32. The fourth-order valence-corrected chi connectivity index (χ4v) is 2.01. The third-order valence-corrected chi connectivity index (χ3v) is 3.41. The molecule has 0 radical (unpaired) electrons. The van der Waals surface area contributed by atoms with Crippen LogP contribution in [0.5, 0.6) is 5.75 Å². The molecule has 0 unspecified atom stereocenters. The summed E-state index contributed by atoms with van der Waals surface area (Å²) < 4.78 is 5.45. The first kappa shape index (κ1) is 15.2. The maximum atomic E-state index is 11.9. The van der Waals surface area contributed by atoms with E-state index in [9.17, 15) is 4.79 Å². The van der Waals surface area contributed by atoms with Gasteiger partial charge in [-0.1, -0.05) is 23.7 Å².